The topological polar surface area (TPSA) is 29.5 Å². The first-order chi connectivity index (χ1) is 8.60. The van der Waals surface area contributed by atoms with Gasteiger partial charge in [-0.1, -0.05) is 44.1 Å². The van der Waals surface area contributed by atoms with Gasteiger partial charge in [-0.25, -0.2) is 0 Å². The zero-order valence-corrected chi connectivity index (χ0v) is 14.8. The fraction of sp³-hybridized carbons (Fsp3) is 0.750. The molecular weight excluding hydrogens is 252 g/mol. The maximum atomic E-state index is 8.91. The van der Waals surface area contributed by atoms with Crippen LogP contribution in [0, 0.1) is 0 Å². The lowest BCUT2D eigenvalue weighted by Gasteiger charge is -2.35. The molecule has 0 fully saturated rings. The van der Waals surface area contributed by atoms with Crippen molar-refractivity contribution in [3.8, 4) is 0 Å². The third kappa shape index (κ3) is 7.70. The average molecular weight is 285 g/mol. The Morgan fingerprint density at radius 1 is 1.11 bits per heavy atom. The number of aliphatic hydroxyl groups is 1. The predicted octanol–water partition coefficient (Wildman–Crippen LogP) is 4.67. The predicted molar refractivity (Wildman–Crippen MR) is 87.0 cm³/mol. The molecule has 0 saturated carbocycles. The van der Waals surface area contributed by atoms with E-state index in [-0.39, 0.29) is 11.6 Å². The van der Waals surface area contributed by atoms with Gasteiger partial charge in [0.05, 0.1) is 13.2 Å². The summed E-state index contributed by atoms with van der Waals surface area (Å²) in [4.78, 5) is 0. The van der Waals surface area contributed by atoms with Gasteiger partial charge in [-0.15, -0.1) is 0 Å². The summed E-state index contributed by atoms with van der Waals surface area (Å²) in [5.41, 5.74) is 2.41. The zero-order chi connectivity index (χ0) is 15.1. The van der Waals surface area contributed by atoms with Crippen molar-refractivity contribution in [1.82, 2.24) is 0 Å². The summed E-state index contributed by atoms with van der Waals surface area (Å²) in [6, 6.07) is 0. The van der Waals surface area contributed by atoms with E-state index in [9.17, 15) is 0 Å². The number of aliphatic hydroxyl groups excluding tert-OH is 1. The van der Waals surface area contributed by atoms with Crippen LogP contribution in [-0.4, -0.2) is 26.6 Å². The van der Waals surface area contributed by atoms with Gasteiger partial charge in [-0.3, -0.25) is 0 Å². The second kappa shape index (κ2) is 8.03. The van der Waals surface area contributed by atoms with E-state index in [0.717, 1.165) is 25.0 Å². The second-order valence-corrected chi connectivity index (χ2v) is 11.7. The smallest absolute Gasteiger partial charge is 0.192 e. The van der Waals surface area contributed by atoms with Crippen molar-refractivity contribution in [2.75, 3.05) is 13.2 Å². The molecule has 0 spiro atoms. The molecule has 0 unspecified atom stereocenters. The summed E-state index contributed by atoms with van der Waals surface area (Å²) in [6.45, 7) is 16.3. The lowest BCUT2D eigenvalue weighted by molar-refractivity contribution is 0.327. The molecule has 0 bridgehead atoms. The Labute approximate surface area is 120 Å². The van der Waals surface area contributed by atoms with Crippen LogP contribution in [0.15, 0.2) is 23.3 Å². The van der Waals surface area contributed by atoms with Crippen molar-refractivity contribution in [1.29, 1.82) is 0 Å². The van der Waals surface area contributed by atoms with Gasteiger partial charge < -0.3 is 9.53 Å². The van der Waals surface area contributed by atoms with E-state index in [2.05, 4.69) is 52.9 Å². The fourth-order valence-corrected chi connectivity index (χ4v) is 2.25. The monoisotopic (exact) mass is 284 g/mol. The Balaban J connectivity index is 4.14. The van der Waals surface area contributed by atoms with Crippen molar-refractivity contribution in [2.24, 2.45) is 0 Å². The van der Waals surface area contributed by atoms with Gasteiger partial charge >= 0.3 is 0 Å². The highest BCUT2D eigenvalue weighted by atomic mass is 28.4. The molecule has 2 nitrogen and oxygen atoms in total. The van der Waals surface area contributed by atoms with Gasteiger partial charge in [-0.05, 0) is 44.8 Å². The summed E-state index contributed by atoms with van der Waals surface area (Å²) in [7, 11) is -1.62. The minimum Gasteiger partial charge on any atom is -0.413 e. The van der Waals surface area contributed by atoms with Crippen LogP contribution < -0.4 is 0 Å². The molecule has 0 amide bonds. The molecule has 112 valence electrons. The van der Waals surface area contributed by atoms with Crippen molar-refractivity contribution < 1.29 is 9.53 Å². The molecule has 0 aromatic carbocycles. The molecule has 0 aliphatic heterocycles. The number of rotatable bonds is 7. The number of hydrogen-bond acceptors (Lipinski definition) is 2. The molecule has 0 aromatic heterocycles. The Morgan fingerprint density at radius 2 is 1.68 bits per heavy atom. The molecule has 0 radical (unpaired) electrons. The first-order valence-electron chi connectivity index (χ1n) is 7.16. The minimum atomic E-state index is -1.62. The molecule has 0 aliphatic carbocycles. The fourth-order valence-electron chi connectivity index (χ4n) is 1.32. The highest BCUT2D eigenvalue weighted by Crippen LogP contribution is 2.36. The molecular formula is C16H32O2Si. The maximum absolute atomic E-state index is 8.91. The Kier molecular flexibility index (Phi) is 7.87. The van der Waals surface area contributed by atoms with E-state index >= 15 is 0 Å². The highest BCUT2D eigenvalue weighted by molar-refractivity contribution is 6.74. The molecule has 1 N–H and O–H groups in total. The van der Waals surface area contributed by atoms with Crippen molar-refractivity contribution in [3.63, 3.8) is 0 Å². The van der Waals surface area contributed by atoms with Crippen LogP contribution in [0.3, 0.4) is 0 Å². The molecule has 19 heavy (non-hydrogen) atoms. The minimum absolute atomic E-state index is 0.164. The first-order valence-corrected chi connectivity index (χ1v) is 10.1. The Bertz CT molecular complexity index is 322. The van der Waals surface area contributed by atoms with Crippen LogP contribution in [0.1, 0.15) is 47.5 Å². The molecule has 0 saturated heterocycles. The van der Waals surface area contributed by atoms with Gasteiger partial charge in [-0.2, -0.15) is 0 Å². The van der Waals surface area contributed by atoms with E-state index in [1.807, 2.05) is 6.92 Å². The molecule has 0 rings (SSSR count). The molecule has 0 aliphatic rings. The normalized spacial score (nSPS) is 14.9. The van der Waals surface area contributed by atoms with E-state index in [4.69, 9.17) is 9.53 Å². The van der Waals surface area contributed by atoms with Crippen LogP contribution in [0.5, 0.6) is 0 Å². The summed E-state index contributed by atoms with van der Waals surface area (Å²) in [5.74, 6) is 0. The van der Waals surface area contributed by atoms with Crippen LogP contribution in [0.25, 0.3) is 0 Å². The molecule has 0 atom stereocenters. The SMILES string of the molecule is C/C(=C\CC/C(C)=C/CO[Si](C)(C)C(C)(C)C)CO. The zero-order valence-electron chi connectivity index (χ0n) is 13.8. The molecule has 0 aromatic rings. The van der Waals surface area contributed by atoms with Gasteiger partial charge in [0, 0.05) is 0 Å². The summed E-state index contributed by atoms with van der Waals surface area (Å²) in [5, 5.41) is 9.18. The third-order valence-corrected chi connectivity index (χ3v) is 8.46. The van der Waals surface area contributed by atoms with Gasteiger partial charge in [0.2, 0.25) is 0 Å². The molecule has 3 heteroatoms. The van der Waals surface area contributed by atoms with Crippen molar-refractivity contribution in [2.45, 2.75) is 65.6 Å². The van der Waals surface area contributed by atoms with E-state index in [0.29, 0.717) is 0 Å². The van der Waals surface area contributed by atoms with Gasteiger partial charge in [0.15, 0.2) is 8.32 Å². The third-order valence-electron chi connectivity index (χ3n) is 3.96. The van der Waals surface area contributed by atoms with Crippen LogP contribution in [-0.2, 0) is 4.43 Å². The van der Waals surface area contributed by atoms with Crippen molar-refractivity contribution >= 4 is 8.32 Å². The lowest BCUT2D eigenvalue weighted by Crippen LogP contribution is -2.40. The van der Waals surface area contributed by atoms with Crippen LogP contribution in [0.2, 0.25) is 18.1 Å². The number of allylic oxidation sites excluding steroid dienone is 2. The highest BCUT2D eigenvalue weighted by Gasteiger charge is 2.36. The average Bonchev–Trinajstić information content (AvgIpc) is 2.26. The Morgan fingerprint density at radius 3 is 2.16 bits per heavy atom. The van der Waals surface area contributed by atoms with E-state index in [1.54, 1.807) is 0 Å². The summed E-state index contributed by atoms with van der Waals surface area (Å²) < 4.78 is 6.12. The van der Waals surface area contributed by atoms with Gasteiger partial charge in [0.25, 0.3) is 0 Å². The molecule has 0 heterocycles. The van der Waals surface area contributed by atoms with E-state index in [1.165, 1.54) is 5.57 Å². The quantitative estimate of drug-likeness (QED) is 0.543. The first kappa shape index (κ1) is 18.6. The summed E-state index contributed by atoms with van der Waals surface area (Å²) in [6.07, 6.45) is 6.33. The maximum Gasteiger partial charge on any atom is 0.192 e. The van der Waals surface area contributed by atoms with Gasteiger partial charge in [0.1, 0.15) is 0 Å². The van der Waals surface area contributed by atoms with E-state index < -0.39 is 8.32 Å². The Hall–Kier alpha value is -0.383. The number of hydrogen-bond donors (Lipinski definition) is 1. The lowest BCUT2D eigenvalue weighted by atomic mass is 10.1. The second-order valence-electron chi connectivity index (χ2n) is 6.87. The van der Waals surface area contributed by atoms with Crippen molar-refractivity contribution in [3.05, 3.63) is 23.3 Å². The standard InChI is InChI=1S/C16H32O2Si/c1-14(9-8-10-15(2)13-17)11-12-18-19(6,7)16(3,4)5/h10-11,17H,8-9,12-13H2,1-7H3/b14-11+,15-10+. The largest absolute Gasteiger partial charge is 0.413 e. The van der Waals surface area contributed by atoms with Crippen LogP contribution >= 0.6 is 0 Å². The summed E-state index contributed by atoms with van der Waals surface area (Å²) >= 11 is 0. The van der Waals surface area contributed by atoms with Crippen LogP contribution in [0.4, 0.5) is 0 Å².